The summed E-state index contributed by atoms with van der Waals surface area (Å²) < 4.78 is 0. The number of likely N-dealkylation sites (tertiary alicyclic amines) is 1. The standard InChI is InChI=1S/C14H25N3O2/c1-15-13(18)8-16-14(19)10-17-7-6-11-4-2-3-5-12(11)9-17/h11-12H,2-10H2,1H3,(H,15,18)(H,16,19)/p+1/t11-,12-/m1/s1. The number of piperidine rings is 1. The van der Waals surface area contributed by atoms with Crippen molar-refractivity contribution >= 4 is 11.8 Å². The van der Waals surface area contributed by atoms with E-state index in [-0.39, 0.29) is 18.4 Å². The number of likely N-dealkylation sites (N-methyl/N-ethyl adjacent to an activating group) is 1. The van der Waals surface area contributed by atoms with Crippen LogP contribution in [0, 0.1) is 11.8 Å². The number of amides is 2. The second-order valence-corrected chi connectivity index (χ2v) is 5.92. The zero-order chi connectivity index (χ0) is 13.7. The molecular formula is C14H26N3O2+. The van der Waals surface area contributed by atoms with Gasteiger partial charge in [-0.25, -0.2) is 0 Å². The lowest BCUT2D eigenvalue weighted by molar-refractivity contribution is -0.902. The Morgan fingerprint density at radius 2 is 1.84 bits per heavy atom. The van der Waals surface area contributed by atoms with Crippen molar-refractivity contribution < 1.29 is 14.5 Å². The van der Waals surface area contributed by atoms with Gasteiger partial charge in [0.05, 0.1) is 19.6 Å². The summed E-state index contributed by atoms with van der Waals surface area (Å²) >= 11 is 0. The quantitative estimate of drug-likeness (QED) is 0.609. The van der Waals surface area contributed by atoms with Crippen LogP contribution in [0.3, 0.4) is 0 Å². The summed E-state index contributed by atoms with van der Waals surface area (Å²) in [5.41, 5.74) is 0. The lowest BCUT2D eigenvalue weighted by Crippen LogP contribution is -3.15. The Bertz CT molecular complexity index is 333. The number of hydrogen-bond acceptors (Lipinski definition) is 2. The molecule has 1 aliphatic carbocycles. The van der Waals surface area contributed by atoms with E-state index < -0.39 is 0 Å². The molecule has 1 saturated carbocycles. The third kappa shape index (κ3) is 4.20. The van der Waals surface area contributed by atoms with Gasteiger partial charge in [-0.2, -0.15) is 0 Å². The zero-order valence-electron chi connectivity index (χ0n) is 11.8. The molecule has 2 fully saturated rings. The van der Waals surface area contributed by atoms with Crippen molar-refractivity contribution in [1.82, 2.24) is 10.6 Å². The van der Waals surface area contributed by atoms with Gasteiger partial charge in [0.15, 0.2) is 6.54 Å². The molecule has 5 nitrogen and oxygen atoms in total. The van der Waals surface area contributed by atoms with Gasteiger partial charge < -0.3 is 15.5 Å². The fourth-order valence-corrected chi connectivity index (χ4v) is 3.51. The van der Waals surface area contributed by atoms with E-state index in [2.05, 4.69) is 10.6 Å². The van der Waals surface area contributed by atoms with E-state index in [4.69, 9.17) is 0 Å². The molecular weight excluding hydrogens is 242 g/mol. The summed E-state index contributed by atoms with van der Waals surface area (Å²) in [6.07, 6.45) is 6.75. The second kappa shape index (κ2) is 6.89. The molecule has 0 aromatic heterocycles. The van der Waals surface area contributed by atoms with Crippen LogP contribution >= 0.6 is 0 Å². The summed E-state index contributed by atoms with van der Waals surface area (Å²) in [7, 11) is 1.58. The van der Waals surface area contributed by atoms with Gasteiger partial charge in [-0.3, -0.25) is 9.59 Å². The smallest absolute Gasteiger partial charge is 0.275 e. The van der Waals surface area contributed by atoms with Gasteiger partial charge in [0, 0.05) is 13.0 Å². The molecule has 2 amide bonds. The van der Waals surface area contributed by atoms with Crippen LogP contribution in [0.25, 0.3) is 0 Å². The van der Waals surface area contributed by atoms with E-state index >= 15 is 0 Å². The average Bonchev–Trinajstić information content (AvgIpc) is 2.44. The SMILES string of the molecule is CNC(=O)CNC(=O)C[NH+]1CC[C@H]2CCCC[C@@H]2C1. The molecule has 0 spiro atoms. The van der Waals surface area contributed by atoms with Crippen LogP contribution in [-0.2, 0) is 9.59 Å². The van der Waals surface area contributed by atoms with Gasteiger partial charge in [-0.1, -0.05) is 12.8 Å². The first-order valence-electron chi connectivity index (χ1n) is 7.50. The minimum Gasteiger partial charge on any atom is -0.358 e. The highest BCUT2D eigenvalue weighted by Crippen LogP contribution is 2.32. The highest BCUT2D eigenvalue weighted by atomic mass is 16.2. The van der Waals surface area contributed by atoms with E-state index in [1.54, 1.807) is 7.05 Å². The van der Waals surface area contributed by atoms with Crippen LogP contribution in [0.4, 0.5) is 0 Å². The van der Waals surface area contributed by atoms with E-state index in [1.165, 1.54) is 37.0 Å². The Hall–Kier alpha value is -1.10. The molecule has 1 aliphatic heterocycles. The van der Waals surface area contributed by atoms with Crippen molar-refractivity contribution in [2.45, 2.75) is 32.1 Å². The molecule has 0 radical (unpaired) electrons. The molecule has 0 bridgehead atoms. The molecule has 19 heavy (non-hydrogen) atoms. The molecule has 1 heterocycles. The molecule has 0 aromatic carbocycles. The molecule has 3 N–H and O–H groups in total. The van der Waals surface area contributed by atoms with Crippen LogP contribution in [0.15, 0.2) is 0 Å². The van der Waals surface area contributed by atoms with Gasteiger partial charge in [-0.05, 0) is 25.2 Å². The number of hydrogen-bond donors (Lipinski definition) is 3. The second-order valence-electron chi connectivity index (χ2n) is 5.92. The Kier molecular flexibility index (Phi) is 5.19. The van der Waals surface area contributed by atoms with Gasteiger partial charge in [0.25, 0.3) is 5.91 Å². The first-order valence-corrected chi connectivity index (χ1v) is 7.50. The van der Waals surface area contributed by atoms with Gasteiger partial charge in [0.1, 0.15) is 0 Å². The van der Waals surface area contributed by atoms with Gasteiger partial charge >= 0.3 is 0 Å². The average molecular weight is 268 g/mol. The number of fused-ring (bicyclic) bond motifs is 1. The summed E-state index contributed by atoms with van der Waals surface area (Å²) in [4.78, 5) is 24.2. The number of quaternary nitrogens is 1. The number of nitrogens with one attached hydrogen (secondary N) is 3. The Morgan fingerprint density at radius 1 is 1.11 bits per heavy atom. The van der Waals surface area contributed by atoms with Crippen molar-refractivity contribution in [1.29, 1.82) is 0 Å². The predicted molar refractivity (Wildman–Crippen MR) is 72.7 cm³/mol. The highest BCUT2D eigenvalue weighted by molar-refractivity contribution is 5.84. The zero-order valence-corrected chi connectivity index (χ0v) is 11.8. The minimum absolute atomic E-state index is 0.00661. The summed E-state index contributed by atoms with van der Waals surface area (Å²) in [5.74, 6) is 1.58. The third-order valence-electron chi connectivity index (χ3n) is 4.62. The lowest BCUT2D eigenvalue weighted by atomic mass is 9.75. The van der Waals surface area contributed by atoms with E-state index in [9.17, 15) is 9.59 Å². The molecule has 0 aromatic rings. The Labute approximate surface area is 115 Å². The van der Waals surface area contributed by atoms with E-state index in [0.717, 1.165) is 24.9 Å². The Balaban J connectivity index is 1.71. The molecule has 2 aliphatic rings. The third-order valence-corrected chi connectivity index (χ3v) is 4.62. The largest absolute Gasteiger partial charge is 0.358 e. The van der Waals surface area contributed by atoms with E-state index in [1.807, 2.05) is 0 Å². The molecule has 108 valence electrons. The maximum absolute atomic E-state index is 11.8. The van der Waals surface area contributed by atoms with Crippen molar-refractivity contribution in [3.63, 3.8) is 0 Å². The highest BCUT2D eigenvalue weighted by Gasteiger charge is 2.34. The first-order chi connectivity index (χ1) is 9.19. The normalized spacial score (nSPS) is 30.3. The van der Waals surface area contributed by atoms with Crippen molar-refractivity contribution in [3.05, 3.63) is 0 Å². The number of carbonyl (C=O) groups is 2. The number of rotatable bonds is 4. The fourth-order valence-electron chi connectivity index (χ4n) is 3.51. The topological polar surface area (TPSA) is 62.6 Å². The summed E-state index contributed by atoms with van der Waals surface area (Å²) in [6, 6.07) is 0. The predicted octanol–water partition coefficient (Wildman–Crippen LogP) is -1.06. The van der Waals surface area contributed by atoms with Crippen molar-refractivity contribution in [2.24, 2.45) is 11.8 Å². The summed E-state index contributed by atoms with van der Waals surface area (Å²) in [5, 5.41) is 5.18. The van der Waals surface area contributed by atoms with E-state index in [0.29, 0.717) is 6.54 Å². The van der Waals surface area contributed by atoms with Crippen LogP contribution < -0.4 is 15.5 Å². The van der Waals surface area contributed by atoms with Gasteiger partial charge in [-0.15, -0.1) is 0 Å². The van der Waals surface area contributed by atoms with Gasteiger partial charge in [0.2, 0.25) is 5.91 Å². The minimum atomic E-state index is -0.144. The van der Waals surface area contributed by atoms with Crippen molar-refractivity contribution in [2.75, 3.05) is 33.2 Å². The molecule has 1 saturated heterocycles. The monoisotopic (exact) mass is 268 g/mol. The maximum atomic E-state index is 11.8. The maximum Gasteiger partial charge on any atom is 0.275 e. The van der Waals surface area contributed by atoms with Crippen LogP contribution in [0.1, 0.15) is 32.1 Å². The fraction of sp³-hybridized carbons (Fsp3) is 0.857. The molecule has 2 rings (SSSR count). The number of carbonyl (C=O) groups excluding carboxylic acids is 2. The molecule has 5 heteroatoms. The van der Waals surface area contributed by atoms with Crippen LogP contribution in [0.5, 0.6) is 0 Å². The lowest BCUT2D eigenvalue weighted by Gasteiger charge is -2.38. The molecule has 3 atom stereocenters. The van der Waals surface area contributed by atoms with Crippen LogP contribution in [-0.4, -0.2) is 45.0 Å². The van der Waals surface area contributed by atoms with Crippen molar-refractivity contribution in [3.8, 4) is 0 Å². The first kappa shape index (κ1) is 14.3. The summed E-state index contributed by atoms with van der Waals surface area (Å²) in [6.45, 7) is 2.85. The Morgan fingerprint density at radius 3 is 2.58 bits per heavy atom. The molecule has 1 unspecified atom stereocenters. The van der Waals surface area contributed by atoms with Crippen LogP contribution in [0.2, 0.25) is 0 Å².